The molecule has 1 atom stereocenters. The van der Waals surface area contributed by atoms with E-state index < -0.39 is 5.91 Å². The predicted octanol–water partition coefficient (Wildman–Crippen LogP) is 1.47. The van der Waals surface area contributed by atoms with E-state index in [0.717, 1.165) is 18.1 Å². The van der Waals surface area contributed by atoms with E-state index in [1.54, 1.807) is 6.07 Å². The van der Waals surface area contributed by atoms with Gasteiger partial charge in [-0.3, -0.25) is 9.59 Å². The summed E-state index contributed by atoms with van der Waals surface area (Å²) in [5.74, 6) is 1.31. The summed E-state index contributed by atoms with van der Waals surface area (Å²) in [6, 6.07) is 4.74. The molecule has 1 heterocycles. The highest BCUT2D eigenvalue weighted by atomic mass is 35.5. The number of primary amides is 1. The number of benzene rings is 1. The quantitative estimate of drug-likeness (QED) is 0.786. The number of hydrogen-bond acceptors (Lipinski definition) is 4. The van der Waals surface area contributed by atoms with Crippen LogP contribution in [0.3, 0.4) is 0 Å². The smallest absolute Gasteiger partial charge is 0.248 e. The van der Waals surface area contributed by atoms with Crippen molar-refractivity contribution in [1.82, 2.24) is 5.32 Å². The molecule has 1 saturated heterocycles. The van der Waals surface area contributed by atoms with Crippen LogP contribution in [0, 0.1) is 0 Å². The first-order valence-electron chi connectivity index (χ1n) is 6.26. The van der Waals surface area contributed by atoms with Crippen LogP contribution in [0.25, 0.3) is 0 Å². The number of carbonyl (C=O) groups excluding carboxylic acids is 2. The molecule has 20 heavy (non-hydrogen) atoms. The molecule has 2 rings (SSSR count). The fourth-order valence-corrected chi connectivity index (χ4v) is 3.06. The van der Waals surface area contributed by atoms with Crippen molar-refractivity contribution in [3.05, 3.63) is 28.8 Å². The van der Waals surface area contributed by atoms with Gasteiger partial charge in [0, 0.05) is 36.1 Å². The topological polar surface area (TPSA) is 84.2 Å². The van der Waals surface area contributed by atoms with Crippen molar-refractivity contribution in [3.63, 3.8) is 0 Å². The third-order valence-electron chi connectivity index (χ3n) is 2.96. The number of amides is 2. The van der Waals surface area contributed by atoms with Gasteiger partial charge in [-0.05, 0) is 18.2 Å². The molecule has 0 radical (unpaired) electrons. The first-order chi connectivity index (χ1) is 9.56. The maximum atomic E-state index is 12.0. The summed E-state index contributed by atoms with van der Waals surface area (Å²) < 4.78 is 0. The molecular weight excluding hydrogens is 298 g/mol. The zero-order chi connectivity index (χ0) is 14.5. The second-order valence-corrected chi connectivity index (χ2v) is 6.09. The van der Waals surface area contributed by atoms with Crippen molar-refractivity contribution in [3.8, 4) is 0 Å². The van der Waals surface area contributed by atoms with Gasteiger partial charge in [0.25, 0.3) is 0 Å². The lowest BCUT2D eigenvalue weighted by Crippen LogP contribution is -2.39. The second kappa shape index (κ2) is 6.97. The van der Waals surface area contributed by atoms with Crippen LogP contribution >= 0.6 is 23.4 Å². The summed E-state index contributed by atoms with van der Waals surface area (Å²) in [6.45, 7) is 0.917. The third kappa shape index (κ3) is 4.13. The van der Waals surface area contributed by atoms with Gasteiger partial charge in [0.05, 0.1) is 10.7 Å². The summed E-state index contributed by atoms with van der Waals surface area (Å²) >= 11 is 7.83. The van der Waals surface area contributed by atoms with Crippen LogP contribution in [0.15, 0.2) is 18.2 Å². The SMILES string of the molecule is NC(=O)c1ccc(Cl)c(NC(=O)CC2CSCCN2)c1. The highest BCUT2D eigenvalue weighted by Gasteiger charge is 2.17. The molecule has 5 nitrogen and oxygen atoms in total. The summed E-state index contributed by atoms with van der Waals surface area (Å²) in [4.78, 5) is 23.1. The Labute approximate surface area is 126 Å². The van der Waals surface area contributed by atoms with E-state index in [9.17, 15) is 9.59 Å². The van der Waals surface area contributed by atoms with E-state index in [1.807, 2.05) is 11.8 Å². The number of rotatable bonds is 4. The summed E-state index contributed by atoms with van der Waals surface area (Å²) in [5.41, 5.74) is 5.93. The van der Waals surface area contributed by atoms with Gasteiger partial charge >= 0.3 is 0 Å². The Hall–Kier alpha value is -1.24. The Morgan fingerprint density at radius 2 is 2.30 bits per heavy atom. The highest BCUT2D eigenvalue weighted by molar-refractivity contribution is 7.99. The van der Waals surface area contributed by atoms with Crippen molar-refractivity contribution in [2.24, 2.45) is 5.73 Å². The molecule has 1 aliphatic rings. The number of carbonyl (C=O) groups is 2. The Kier molecular flexibility index (Phi) is 5.28. The molecule has 1 unspecified atom stereocenters. The number of thioether (sulfide) groups is 1. The van der Waals surface area contributed by atoms with Gasteiger partial charge in [0.15, 0.2) is 0 Å². The first kappa shape index (κ1) is 15.2. The lowest BCUT2D eigenvalue weighted by molar-refractivity contribution is -0.116. The fourth-order valence-electron chi connectivity index (χ4n) is 1.95. The zero-order valence-electron chi connectivity index (χ0n) is 10.8. The number of halogens is 1. The number of hydrogen-bond donors (Lipinski definition) is 3. The predicted molar refractivity (Wildman–Crippen MR) is 82.3 cm³/mol. The molecule has 4 N–H and O–H groups in total. The minimum Gasteiger partial charge on any atom is -0.366 e. The molecule has 1 aliphatic heterocycles. The van der Waals surface area contributed by atoms with Crippen LogP contribution in [-0.4, -0.2) is 35.9 Å². The Morgan fingerprint density at radius 3 is 2.95 bits per heavy atom. The Balaban J connectivity index is 1.99. The Bertz CT molecular complexity index is 518. The van der Waals surface area contributed by atoms with Crippen LogP contribution in [0.2, 0.25) is 5.02 Å². The van der Waals surface area contributed by atoms with Crippen LogP contribution < -0.4 is 16.4 Å². The van der Waals surface area contributed by atoms with Gasteiger partial charge in [-0.1, -0.05) is 11.6 Å². The standard InChI is InChI=1S/C13H16ClN3O2S/c14-10-2-1-8(13(15)19)5-11(10)17-12(18)6-9-7-20-4-3-16-9/h1-2,5,9,16H,3-4,6-7H2,(H2,15,19)(H,17,18). The van der Waals surface area contributed by atoms with Gasteiger partial charge in [-0.2, -0.15) is 11.8 Å². The number of nitrogens with two attached hydrogens (primary N) is 1. The molecule has 0 spiro atoms. The minimum atomic E-state index is -0.553. The average molecular weight is 314 g/mol. The van der Waals surface area contributed by atoms with E-state index in [4.69, 9.17) is 17.3 Å². The number of anilines is 1. The van der Waals surface area contributed by atoms with E-state index in [0.29, 0.717) is 22.7 Å². The monoisotopic (exact) mass is 313 g/mol. The molecule has 108 valence electrons. The number of nitrogens with one attached hydrogen (secondary N) is 2. The highest BCUT2D eigenvalue weighted by Crippen LogP contribution is 2.23. The third-order valence-corrected chi connectivity index (χ3v) is 4.42. The lowest BCUT2D eigenvalue weighted by atomic mass is 10.1. The van der Waals surface area contributed by atoms with Crippen LogP contribution in [0.1, 0.15) is 16.8 Å². The zero-order valence-corrected chi connectivity index (χ0v) is 12.4. The maximum absolute atomic E-state index is 12.0. The van der Waals surface area contributed by atoms with E-state index in [2.05, 4.69) is 10.6 Å². The second-order valence-electron chi connectivity index (χ2n) is 4.54. The van der Waals surface area contributed by atoms with E-state index >= 15 is 0 Å². The molecular formula is C13H16ClN3O2S. The first-order valence-corrected chi connectivity index (χ1v) is 7.80. The van der Waals surface area contributed by atoms with Gasteiger partial charge in [-0.15, -0.1) is 0 Å². The average Bonchev–Trinajstić information content (AvgIpc) is 2.42. The molecule has 1 aromatic carbocycles. The van der Waals surface area contributed by atoms with Crippen molar-refractivity contribution in [2.45, 2.75) is 12.5 Å². The van der Waals surface area contributed by atoms with Gasteiger partial charge in [0.1, 0.15) is 0 Å². The maximum Gasteiger partial charge on any atom is 0.248 e. The van der Waals surface area contributed by atoms with Crippen LogP contribution in [0.4, 0.5) is 5.69 Å². The van der Waals surface area contributed by atoms with E-state index in [1.165, 1.54) is 12.1 Å². The molecule has 1 aromatic rings. The van der Waals surface area contributed by atoms with Crippen molar-refractivity contribution in [2.75, 3.05) is 23.4 Å². The largest absolute Gasteiger partial charge is 0.366 e. The molecule has 2 amide bonds. The fraction of sp³-hybridized carbons (Fsp3) is 0.385. The van der Waals surface area contributed by atoms with E-state index in [-0.39, 0.29) is 11.9 Å². The van der Waals surface area contributed by atoms with Crippen molar-refractivity contribution < 1.29 is 9.59 Å². The van der Waals surface area contributed by atoms with Gasteiger partial charge in [-0.25, -0.2) is 0 Å². The van der Waals surface area contributed by atoms with Gasteiger partial charge < -0.3 is 16.4 Å². The Morgan fingerprint density at radius 1 is 1.50 bits per heavy atom. The molecule has 1 fully saturated rings. The van der Waals surface area contributed by atoms with Crippen molar-refractivity contribution in [1.29, 1.82) is 0 Å². The summed E-state index contributed by atoms with van der Waals surface area (Å²) in [7, 11) is 0. The lowest BCUT2D eigenvalue weighted by Gasteiger charge is -2.22. The molecule has 0 saturated carbocycles. The molecule has 0 bridgehead atoms. The summed E-state index contributed by atoms with van der Waals surface area (Å²) in [6.07, 6.45) is 0.379. The minimum absolute atomic E-state index is 0.131. The molecule has 0 aromatic heterocycles. The van der Waals surface area contributed by atoms with Crippen LogP contribution in [-0.2, 0) is 4.79 Å². The van der Waals surface area contributed by atoms with Crippen molar-refractivity contribution >= 4 is 40.9 Å². The molecule has 7 heteroatoms. The van der Waals surface area contributed by atoms with Gasteiger partial charge in [0.2, 0.25) is 11.8 Å². The molecule has 0 aliphatic carbocycles. The summed E-state index contributed by atoms with van der Waals surface area (Å²) in [5, 5.41) is 6.40. The normalized spacial score (nSPS) is 18.6. The van der Waals surface area contributed by atoms with Crippen LogP contribution in [0.5, 0.6) is 0 Å².